The molecule has 2 fully saturated rings. The average Bonchev–Trinajstić information content (AvgIpc) is 3.00. The molecule has 1 saturated heterocycles. The predicted octanol–water partition coefficient (Wildman–Crippen LogP) is 3.52. The number of Topliss-reactive ketones (excluding diaryl/α,β-unsaturated/α-hetero) is 1. The van der Waals surface area contributed by atoms with Crippen LogP contribution in [0.15, 0.2) is 24.3 Å². The zero-order valence-corrected chi connectivity index (χ0v) is 11.9. The van der Waals surface area contributed by atoms with Gasteiger partial charge in [0.25, 0.3) is 0 Å². The van der Waals surface area contributed by atoms with E-state index in [-0.39, 0.29) is 11.6 Å². The Morgan fingerprint density at radius 3 is 2.45 bits per heavy atom. The Morgan fingerprint density at radius 2 is 1.80 bits per heavy atom. The maximum atomic E-state index is 12.8. The van der Waals surface area contributed by atoms with Gasteiger partial charge in [0, 0.05) is 25.1 Å². The zero-order valence-electron chi connectivity index (χ0n) is 11.9. The van der Waals surface area contributed by atoms with Crippen LogP contribution in [0.2, 0.25) is 0 Å². The quantitative estimate of drug-likeness (QED) is 0.766. The maximum absolute atomic E-state index is 12.8. The number of fused-ring (bicyclic) bond motifs is 1. The summed E-state index contributed by atoms with van der Waals surface area (Å²) in [6.07, 6.45) is 5.69. The third-order valence-electron chi connectivity index (χ3n) is 4.85. The van der Waals surface area contributed by atoms with Crippen molar-refractivity contribution in [3.63, 3.8) is 0 Å². The molecule has 108 valence electrons. The summed E-state index contributed by atoms with van der Waals surface area (Å²) >= 11 is 0. The van der Waals surface area contributed by atoms with Crippen LogP contribution in [0.3, 0.4) is 0 Å². The van der Waals surface area contributed by atoms with Crippen LogP contribution >= 0.6 is 0 Å². The molecule has 1 aliphatic heterocycles. The topological polar surface area (TPSA) is 20.3 Å². The van der Waals surface area contributed by atoms with Gasteiger partial charge in [-0.25, -0.2) is 4.39 Å². The first-order chi connectivity index (χ1) is 9.72. The van der Waals surface area contributed by atoms with Gasteiger partial charge in [-0.15, -0.1) is 0 Å². The largest absolute Gasteiger partial charge is 0.303 e. The van der Waals surface area contributed by atoms with E-state index in [1.165, 1.54) is 44.5 Å². The van der Waals surface area contributed by atoms with Crippen LogP contribution in [0.1, 0.15) is 42.5 Å². The molecule has 0 N–H and O–H groups in total. The van der Waals surface area contributed by atoms with E-state index in [9.17, 15) is 9.18 Å². The molecule has 0 amide bonds. The molecule has 0 spiro atoms. The zero-order chi connectivity index (χ0) is 13.9. The van der Waals surface area contributed by atoms with Crippen LogP contribution in [0, 0.1) is 17.7 Å². The second kappa shape index (κ2) is 6.04. The summed E-state index contributed by atoms with van der Waals surface area (Å²) in [5, 5.41) is 0. The number of hydrogen-bond donors (Lipinski definition) is 0. The van der Waals surface area contributed by atoms with Gasteiger partial charge >= 0.3 is 0 Å². The standard InChI is InChI=1S/C17H22FNO/c18-16-8-6-13(7-9-16)17(20)5-2-10-19-11-14-3-1-4-15(14)12-19/h6-9,14-15H,1-5,10-12H2. The fourth-order valence-electron chi connectivity index (χ4n) is 3.76. The van der Waals surface area contributed by atoms with Crippen LogP contribution < -0.4 is 0 Å². The Morgan fingerprint density at radius 1 is 1.15 bits per heavy atom. The van der Waals surface area contributed by atoms with Gasteiger partial charge in [-0.2, -0.15) is 0 Å². The first-order valence-corrected chi connectivity index (χ1v) is 7.73. The molecule has 2 aliphatic rings. The van der Waals surface area contributed by atoms with Crippen molar-refractivity contribution >= 4 is 5.78 Å². The number of hydrogen-bond acceptors (Lipinski definition) is 2. The molecule has 2 unspecified atom stereocenters. The van der Waals surface area contributed by atoms with Gasteiger partial charge in [-0.05, 0) is 61.9 Å². The number of rotatable bonds is 5. The molecular weight excluding hydrogens is 253 g/mol. The third-order valence-corrected chi connectivity index (χ3v) is 4.85. The summed E-state index contributed by atoms with van der Waals surface area (Å²) in [6, 6.07) is 5.87. The summed E-state index contributed by atoms with van der Waals surface area (Å²) in [5.74, 6) is 1.68. The van der Waals surface area contributed by atoms with E-state index in [0.717, 1.165) is 24.8 Å². The van der Waals surface area contributed by atoms with E-state index < -0.39 is 0 Å². The molecule has 2 nitrogen and oxygen atoms in total. The monoisotopic (exact) mass is 275 g/mol. The second-order valence-corrected chi connectivity index (χ2v) is 6.24. The third kappa shape index (κ3) is 3.09. The minimum Gasteiger partial charge on any atom is -0.303 e. The van der Waals surface area contributed by atoms with Gasteiger partial charge in [-0.3, -0.25) is 4.79 Å². The van der Waals surface area contributed by atoms with Crippen molar-refractivity contribution in [1.29, 1.82) is 0 Å². The molecule has 1 heterocycles. The number of benzene rings is 1. The fourth-order valence-corrected chi connectivity index (χ4v) is 3.76. The second-order valence-electron chi connectivity index (χ2n) is 6.24. The molecule has 3 rings (SSSR count). The summed E-state index contributed by atoms with van der Waals surface area (Å²) in [6.45, 7) is 3.49. The van der Waals surface area contributed by atoms with Crippen molar-refractivity contribution in [3.8, 4) is 0 Å². The van der Waals surface area contributed by atoms with Crippen LogP contribution in [-0.2, 0) is 0 Å². The van der Waals surface area contributed by atoms with E-state index >= 15 is 0 Å². The highest BCUT2D eigenvalue weighted by Gasteiger charge is 2.35. The number of likely N-dealkylation sites (tertiary alicyclic amines) is 1. The lowest BCUT2D eigenvalue weighted by Crippen LogP contribution is -2.23. The molecule has 1 aromatic carbocycles. The van der Waals surface area contributed by atoms with Crippen LogP contribution in [0.4, 0.5) is 4.39 Å². The minimum atomic E-state index is -0.287. The maximum Gasteiger partial charge on any atom is 0.162 e. The molecule has 1 saturated carbocycles. The van der Waals surface area contributed by atoms with Crippen molar-refractivity contribution in [3.05, 3.63) is 35.6 Å². The van der Waals surface area contributed by atoms with Gasteiger partial charge in [0.15, 0.2) is 5.78 Å². The summed E-state index contributed by atoms with van der Waals surface area (Å²) in [7, 11) is 0. The molecule has 3 heteroatoms. The van der Waals surface area contributed by atoms with E-state index in [1.807, 2.05) is 0 Å². The molecule has 2 atom stereocenters. The Hall–Kier alpha value is -1.22. The van der Waals surface area contributed by atoms with E-state index in [2.05, 4.69) is 4.90 Å². The van der Waals surface area contributed by atoms with Gasteiger partial charge < -0.3 is 4.90 Å². The van der Waals surface area contributed by atoms with E-state index in [1.54, 1.807) is 12.1 Å². The first kappa shape index (κ1) is 13.7. The molecule has 0 bridgehead atoms. The van der Waals surface area contributed by atoms with Crippen LogP contribution in [0.25, 0.3) is 0 Å². The van der Waals surface area contributed by atoms with Crippen molar-refractivity contribution in [2.24, 2.45) is 11.8 Å². The molecule has 20 heavy (non-hydrogen) atoms. The molecule has 0 aromatic heterocycles. The smallest absolute Gasteiger partial charge is 0.162 e. The Bertz CT molecular complexity index is 458. The number of nitrogens with zero attached hydrogens (tertiary/aromatic N) is 1. The van der Waals surface area contributed by atoms with E-state index in [0.29, 0.717) is 12.0 Å². The van der Waals surface area contributed by atoms with Gasteiger partial charge in [0.2, 0.25) is 0 Å². The lowest BCUT2D eigenvalue weighted by molar-refractivity contribution is 0.0975. The first-order valence-electron chi connectivity index (χ1n) is 7.73. The van der Waals surface area contributed by atoms with Gasteiger partial charge in [-0.1, -0.05) is 6.42 Å². The lowest BCUT2D eigenvalue weighted by atomic mass is 10.0. The minimum absolute atomic E-state index is 0.129. The molecule has 1 aromatic rings. The SMILES string of the molecule is O=C(CCCN1CC2CCCC2C1)c1ccc(F)cc1. The Kier molecular flexibility index (Phi) is 4.16. The highest BCUT2D eigenvalue weighted by molar-refractivity contribution is 5.95. The number of halogens is 1. The van der Waals surface area contributed by atoms with E-state index in [4.69, 9.17) is 0 Å². The number of carbonyl (C=O) groups excluding carboxylic acids is 1. The molecule has 0 radical (unpaired) electrons. The predicted molar refractivity (Wildman–Crippen MR) is 77.2 cm³/mol. The van der Waals surface area contributed by atoms with Crippen LogP contribution in [-0.4, -0.2) is 30.3 Å². The average molecular weight is 275 g/mol. The molecule has 1 aliphatic carbocycles. The number of carbonyl (C=O) groups is 1. The van der Waals surface area contributed by atoms with Crippen molar-refractivity contribution < 1.29 is 9.18 Å². The van der Waals surface area contributed by atoms with Gasteiger partial charge in [0.1, 0.15) is 5.82 Å². The van der Waals surface area contributed by atoms with Crippen molar-refractivity contribution in [2.75, 3.05) is 19.6 Å². The summed E-state index contributed by atoms with van der Waals surface area (Å²) < 4.78 is 12.8. The Balaban J connectivity index is 1.41. The van der Waals surface area contributed by atoms with Crippen molar-refractivity contribution in [2.45, 2.75) is 32.1 Å². The molecular formula is C17H22FNO. The van der Waals surface area contributed by atoms with Crippen LogP contribution in [0.5, 0.6) is 0 Å². The normalized spacial score (nSPS) is 25.9. The lowest BCUT2D eigenvalue weighted by Gasteiger charge is -2.16. The van der Waals surface area contributed by atoms with Gasteiger partial charge in [0.05, 0.1) is 0 Å². The highest BCUT2D eigenvalue weighted by atomic mass is 19.1. The van der Waals surface area contributed by atoms with Crippen molar-refractivity contribution in [1.82, 2.24) is 4.90 Å². The number of ketones is 1. The Labute approximate surface area is 120 Å². The highest BCUT2D eigenvalue weighted by Crippen LogP contribution is 2.37. The summed E-state index contributed by atoms with van der Waals surface area (Å²) in [5.41, 5.74) is 0.629. The fraction of sp³-hybridized carbons (Fsp3) is 0.588. The summed E-state index contributed by atoms with van der Waals surface area (Å²) in [4.78, 5) is 14.5.